The van der Waals surface area contributed by atoms with Crippen LogP contribution in [0.25, 0.3) is 16.5 Å². The van der Waals surface area contributed by atoms with Crippen molar-refractivity contribution in [2.45, 2.75) is 39.8 Å². The summed E-state index contributed by atoms with van der Waals surface area (Å²) in [5.41, 5.74) is 0.975. The van der Waals surface area contributed by atoms with E-state index in [1.807, 2.05) is 0 Å². The number of allylic oxidation sites excluding steroid dienone is 5. The van der Waals surface area contributed by atoms with Gasteiger partial charge in [0.1, 0.15) is 17.8 Å². The zero-order valence-corrected chi connectivity index (χ0v) is 18.9. The topological polar surface area (TPSA) is 96.6 Å². The first kappa shape index (κ1) is 24.0. The second-order valence-electron chi connectivity index (χ2n) is 7.92. The summed E-state index contributed by atoms with van der Waals surface area (Å²) in [6.07, 6.45) is 2.48. The number of fused-ring (bicyclic) bond motifs is 1. The van der Waals surface area contributed by atoms with Gasteiger partial charge in [0.05, 0.1) is 17.1 Å². The van der Waals surface area contributed by atoms with Crippen LogP contribution in [0.2, 0.25) is 0 Å². The van der Waals surface area contributed by atoms with Crippen molar-refractivity contribution < 1.29 is 18.8 Å². The molecule has 2 heterocycles. The maximum Gasteiger partial charge on any atom is 0.258 e. The zero-order valence-electron chi connectivity index (χ0n) is 18.9. The number of aryl methyl sites for hydroxylation is 1. The lowest BCUT2D eigenvalue weighted by Crippen LogP contribution is -2.22. The first-order valence-corrected chi connectivity index (χ1v) is 10.5. The monoisotopic (exact) mass is 456 g/mol. The summed E-state index contributed by atoms with van der Waals surface area (Å²) < 4.78 is 29.6. The van der Waals surface area contributed by atoms with E-state index in [1.54, 1.807) is 39.1 Å². The Labute approximate surface area is 189 Å². The predicted octanol–water partition coefficient (Wildman–Crippen LogP) is 4.67. The number of alkyl halides is 1. The van der Waals surface area contributed by atoms with Gasteiger partial charge in [-0.05, 0) is 43.9 Å². The number of nitrogens with zero attached hydrogens (tertiary/aromatic N) is 3. The SMILES string of the molecule is C=C(/C(CC)=N/O)/C(F)=C(C)\C(=C/C)c1cc2cnc(NC(=O)C3CC3F)cc2n(C)c1=O. The molecule has 0 radical (unpaired) electrons. The maximum absolute atomic E-state index is 15.1. The van der Waals surface area contributed by atoms with E-state index in [0.29, 0.717) is 16.5 Å². The molecule has 33 heavy (non-hydrogen) atoms. The minimum atomic E-state index is -1.12. The molecule has 3 rings (SSSR count). The number of aromatic nitrogens is 2. The third-order valence-corrected chi connectivity index (χ3v) is 5.79. The molecule has 174 valence electrons. The van der Waals surface area contributed by atoms with Gasteiger partial charge >= 0.3 is 0 Å². The summed E-state index contributed by atoms with van der Waals surface area (Å²) in [6.45, 7) is 8.59. The summed E-state index contributed by atoms with van der Waals surface area (Å²) in [5, 5.41) is 15.3. The number of oxime groups is 1. The van der Waals surface area contributed by atoms with Gasteiger partial charge < -0.3 is 15.1 Å². The lowest BCUT2D eigenvalue weighted by Gasteiger charge is -2.15. The zero-order chi connectivity index (χ0) is 24.4. The Balaban J connectivity index is 2.04. The Morgan fingerprint density at radius 3 is 2.67 bits per heavy atom. The molecule has 1 saturated carbocycles. The van der Waals surface area contributed by atoms with Crippen molar-refractivity contribution in [2.75, 3.05) is 5.32 Å². The molecule has 2 aromatic heterocycles. The molecule has 0 spiro atoms. The molecule has 1 amide bonds. The highest BCUT2D eigenvalue weighted by Crippen LogP contribution is 2.35. The van der Waals surface area contributed by atoms with Gasteiger partial charge in [-0.1, -0.05) is 24.7 Å². The van der Waals surface area contributed by atoms with Crippen molar-refractivity contribution in [1.29, 1.82) is 0 Å². The van der Waals surface area contributed by atoms with E-state index in [-0.39, 0.29) is 46.6 Å². The second kappa shape index (κ2) is 9.48. The number of nitrogens with one attached hydrogen (secondary N) is 1. The van der Waals surface area contributed by atoms with Crippen molar-refractivity contribution in [2.24, 2.45) is 18.1 Å². The summed E-state index contributed by atoms with van der Waals surface area (Å²) in [7, 11) is 1.56. The number of rotatable bonds is 7. The van der Waals surface area contributed by atoms with E-state index in [2.05, 4.69) is 22.0 Å². The number of carbonyl (C=O) groups is 1. The smallest absolute Gasteiger partial charge is 0.258 e. The molecule has 0 saturated heterocycles. The van der Waals surface area contributed by atoms with E-state index in [0.717, 1.165) is 0 Å². The Morgan fingerprint density at radius 2 is 2.12 bits per heavy atom. The van der Waals surface area contributed by atoms with Crippen molar-refractivity contribution in [1.82, 2.24) is 9.55 Å². The van der Waals surface area contributed by atoms with Crippen LogP contribution in [0.1, 0.15) is 39.2 Å². The van der Waals surface area contributed by atoms with Gasteiger partial charge in [0.2, 0.25) is 5.91 Å². The molecule has 2 N–H and O–H groups in total. The van der Waals surface area contributed by atoms with Crippen molar-refractivity contribution >= 4 is 33.9 Å². The fourth-order valence-electron chi connectivity index (χ4n) is 3.67. The highest BCUT2D eigenvalue weighted by atomic mass is 19.1. The lowest BCUT2D eigenvalue weighted by atomic mass is 9.95. The molecule has 9 heteroatoms. The van der Waals surface area contributed by atoms with Crippen molar-refractivity contribution in [3.63, 3.8) is 0 Å². The molecule has 0 aromatic carbocycles. The van der Waals surface area contributed by atoms with Crippen LogP contribution < -0.4 is 10.9 Å². The van der Waals surface area contributed by atoms with Gasteiger partial charge in [-0.2, -0.15) is 0 Å². The van der Waals surface area contributed by atoms with Gasteiger partial charge in [0, 0.05) is 35.8 Å². The van der Waals surface area contributed by atoms with Crippen LogP contribution in [0, 0.1) is 5.92 Å². The normalized spacial score (nSPS) is 19.3. The fraction of sp³-hybridized carbons (Fsp3) is 0.333. The van der Waals surface area contributed by atoms with Crippen molar-refractivity contribution in [3.05, 3.63) is 63.9 Å². The van der Waals surface area contributed by atoms with E-state index in [1.165, 1.54) is 17.7 Å². The predicted molar refractivity (Wildman–Crippen MR) is 125 cm³/mol. The molecule has 1 aliphatic rings. The molecule has 1 aliphatic carbocycles. The van der Waals surface area contributed by atoms with Crippen LogP contribution in [0.4, 0.5) is 14.6 Å². The Kier molecular flexibility index (Phi) is 6.90. The third kappa shape index (κ3) is 4.62. The molecule has 7 nitrogen and oxygen atoms in total. The standard InChI is InChI=1S/C24H26F2N4O3/c1-6-15(12(3)22(26)13(4)19(7-2)29-33)16-8-14-11-27-21(10-20(14)30(5)24(16)32)28-23(31)17-9-18(17)25/h6,8,10-11,17-18,33H,4,7,9H2,1-3,5H3,(H,27,28,31)/b15-6+,22-12+,29-19+. The van der Waals surface area contributed by atoms with Crippen molar-refractivity contribution in [3.8, 4) is 0 Å². The first-order chi connectivity index (χ1) is 15.6. The van der Waals surface area contributed by atoms with Gasteiger partial charge in [-0.25, -0.2) is 13.8 Å². The number of hydrogen-bond donors (Lipinski definition) is 2. The summed E-state index contributed by atoms with van der Waals surface area (Å²) in [4.78, 5) is 29.4. The summed E-state index contributed by atoms with van der Waals surface area (Å²) in [6, 6.07) is 3.14. The quantitative estimate of drug-likeness (QED) is 0.274. The molecule has 1 fully saturated rings. The van der Waals surface area contributed by atoms with E-state index in [9.17, 15) is 14.0 Å². The first-order valence-electron chi connectivity index (χ1n) is 10.5. The number of halogens is 2. The summed E-state index contributed by atoms with van der Waals surface area (Å²) >= 11 is 0. The summed E-state index contributed by atoms with van der Waals surface area (Å²) in [5.74, 6) is -1.56. The minimum absolute atomic E-state index is 0.0531. The van der Waals surface area contributed by atoms with Crippen LogP contribution in [-0.2, 0) is 11.8 Å². The van der Waals surface area contributed by atoms with Crippen LogP contribution >= 0.6 is 0 Å². The number of anilines is 1. The highest BCUT2D eigenvalue weighted by molar-refractivity contribution is 6.03. The van der Waals surface area contributed by atoms with E-state index < -0.39 is 23.8 Å². The number of carbonyl (C=O) groups excluding carboxylic acids is 1. The molecule has 2 unspecified atom stereocenters. The molecule has 0 bridgehead atoms. The second-order valence-corrected chi connectivity index (χ2v) is 7.92. The molecular formula is C24H26F2N4O3. The van der Waals surface area contributed by atoms with E-state index >= 15 is 4.39 Å². The van der Waals surface area contributed by atoms with Gasteiger partial charge in [-0.3, -0.25) is 9.59 Å². The number of pyridine rings is 2. The van der Waals surface area contributed by atoms with Gasteiger partial charge in [0.25, 0.3) is 5.56 Å². The van der Waals surface area contributed by atoms with Gasteiger partial charge in [0.15, 0.2) is 0 Å². The molecule has 0 aliphatic heterocycles. The maximum atomic E-state index is 15.1. The van der Waals surface area contributed by atoms with Crippen LogP contribution in [0.3, 0.4) is 0 Å². The average molecular weight is 456 g/mol. The molecular weight excluding hydrogens is 430 g/mol. The van der Waals surface area contributed by atoms with Gasteiger partial charge in [-0.15, -0.1) is 0 Å². The third-order valence-electron chi connectivity index (χ3n) is 5.79. The molecule has 2 atom stereocenters. The average Bonchev–Trinajstić information content (AvgIpc) is 3.54. The Morgan fingerprint density at radius 1 is 1.45 bits per heavy atom. The largest absolute Gasteiger partial charge is 0.411 e. The Hall–Kier alpha value is -3.62. The lowest BCUT2D eigenvalue weighted by molar-refractivity contribution is -0.117. The van der Waals surface area contributed by atoms with Crippen LogP contribution in [-0.4, -0.2) is 32.5 Å². The van der Waals surface area contributed by atoms with Crippen LogP contribution in [0.5, 0.6) is 0 Å². The number of hydrogen-bond acceptors (Lipinski definition) is 5. The minimum Gasteiger partial charge on any atom is -0.411 e. The highest BCUT2D eigenvalue weighted by Gasteiger charge is 2.43. The van der Waals surface area contributed by atoms with E-state index in [4.69, 9.17) is 5.21 Å². The Bertz CT molecular complexity index is 1290. The van der Waals surface area contributed by atoms with Crippen LogP contribution in [0.15, 0.2) is 57.9 Å². The molecule has 2 aromatic rings. The number of amides is 1. The fourth-order valence-corrected chi connectivity index (χ4v) is 3.67.